The Morgan fingerprint density at radius 1 is 0.873 bits per heavy atom. The highest BCUT2D eigenvalue weighted by Crippen LogP contribution is 2.44. The molecule has 15 nitrogen and oxygen atoms in total. The van der Waals surface area contributed by atoms with Crippen LogP contribution in [0.25, 0.3) is 0 Å². The summed E-state index contributed by atoms with van der Waals surface area (Å²) in [5.74, 6) is -2.76. The van der Waals surface area contributed by atoms with Crippen LogP contribution in [-0.2, 0) is 15.8 Å². The second-order valence-electron chi connectivity index (χ2n) is 17.5. The van der Waals surface area contributed by atoms with Gasteiger partial charge in [-0.2, -0.15) is 18.4 Å². The number of nitrogens with zero attached hydrogens (tertiary/aromatic N) is 7. The standard InChI is InChI=1S/C44H45F4N9O6/c45-33-18-30-31(42(62)57(41(30)61)35-7-8-38(58)53-40(35)60)19-36(33)54-15-11-43(12-16-54)23-56(24-43)27-9-13-55(14-10-27)37-22-50-34(21-51-37)39(59)52-26-2-5-28(6-3-26)63-29-4-1-25(20-49)32(17-29)44(46,47)48/h1,4,17-19,21-22,26-28,35H,2-3,5-16,23-24H2,(H,52,59)(H,53,58,60). The molecule has 6 aliphatic rings. The number of imide groups is 2. The Labute approximate surface area is 359 Å². The summed E-state index contributed by atoms with van der Waals surface area (Å²) in [6.45, 7) is 4.67. The first-order valence-electron chi connectivity index (χ1n) is 21.4. The number of benzene rings is 2. The summed E-state index contributed by atoms with van der Waals surface area (Å²) in [4.78, 5) is 80.0. The van der Waals surface area contributed by atoms with Gasteiger partial charge in [-0.3, -0.25) is 39.1 Å². The van der Waals surface area contributed by atoms with E-state index in [0.29, 0.717) is 50.6 Å². The average molecular weight is 872 g/mol. The minimum atomic E-state index is -4.67. The van der Waals surface area contributed by atoms with E-state index in [4.69, 9.17) is 10.00 Å². The average Bonchev–Trinajstić information content (AvgIpc) is 3.50. The summed E-state index contributed by atoms with van der Waals surface area (Å²) in [7, 11) is 0. The zero-order chi connectivity index (χ0) is 44.2. The minimum absolute atomic E-state index is 0.00411. The third kappa shape index (κ3) is 8.28. The molecule has 1 aromatic heterocycles. The Balaban J connectivity index is 0.706. The van der Waals surface area contributed by atoms with Gasteiger partial charge in [0.05, 0.1) is 52.5 Å². The van der Waals surface area contributed by atoms with Crippen LogP contribution < -0.4 is 25.2 Å². The maximum Gasteiger partial charge on any atom is 0.417 e. The molecule has 4 saturated heterocycles. The summed E-state index contributed by atoms with van der Waals surface area (Å²) in [6.07, 6.45) is 3.95. The van der Waals surface area contributed by atoms with E-state index in [2.05, 4.69) is 30.4 Å². The Morgan fingerprint density at radius 3 is 2.21 bits per heavy atom. The van der Waals surface area contributed by atoms with Crippen LogP contribution in [0.5, 0.6) is 5.75 Å². The smallest absolute Gasteiger partial charge is 0.417 e. The largest absolute Gasteiger partial charge is 0.490 e. The molecule has 1 saturated carbocycles. The van der Waals surface area contributed by atoms with E-state index in [1.165, 1.54) is 18.3 Å². The highest BCUT2D eigenvalue weighted by atomic mass is 19.4. The lowest BCUT2D eigenvalue weighted by molar-refractivity contribution is -0.138. The number of aromatic nitrogens is 2. The lowest BCUT2D eigenvalue weighted by Crippen LogP contribution is -2.64. The molecule has 19 heteroatoms. The predicted octanol–water partition coefficient (Wildman–Crippen LogP) is 4.60. The van der Waals surface area contributed by atoms with Crippen molar-refractivity contribution in [3.05, 3.63) is 76.5 Å². The van der Waals surface area contributed by atoms with Crippen molar-refractivity contribution in [3.8, 4) is 11.8 Å². The molecule has 5 fully saturated rings. The number of amides is 5. The van der Waals surface area contributed by atoms with Crippen molar-refractivity contribution in [2.45, 2.75) is 94.6 Å². The van der Waals surface area contributed by atoms with Crippen molar-refractivity contribution in [1.82, 2.24) is 30.4 Å². The lowest BCUT2D eigenvalue weighted by Gasteiger charge is -2.57. The normalized spacial score (nSPS) is 24.2. The maximum atomic E-state index is 15.5. The summed E-state index contributed by atoms with van der Waals surface area (Å²) >= 11 is 0. The fourth-order valence-electron chi connectivity index (χ4n) is 10.1. The number of alkyl halides is 3. The molecular formula is C44H45F4N9O6. The number of anilines is 2. The van der Waals surface area contributed by atoms with Gasteiger partial charge in [-0.1, -0.05) is 0 Å². The molecule has 1 aliphatic carbocycles. The fraction of sp³-hybridized carbons (Fsp3) is 0.500. The van der Waals surface area contributed by atoms with Crippen LogP contribution in [0.3, 0.4) is 0 Å². The zero-order valence-corrected chi connectivity index (χ0v) is 34.3. The maximum absolute atomic E-state index is 15.5. The topological polar surface area (TPSA) is 181 Å². The van der Waals surface area contributed by atoms with Crippen LogP contribution in [0.1, 0.15) is 107 Å². The van der Waals surface area contributed by atoms with E-state index >= 15 is 4.39 Å². The van der Waals surface area contributed by atoms with Gasteiger partial charge in [0.25, 0.3) is 17.7 Å². The van der Waals surface area contributed by atoms with Crippen molar-refractivity contribution in [3.63, 3.8) is 0 Å². The van der Waals surface area contributed by atoms with Gasteiger partial charge in [0.15, 0.2) is 0 Å². The van der Waals surface area contributed by atoms with E-state index in [-0.39, 0.29) is 64.6 Å². The summed E-state index contributed by atoms with van der Waals surface area (Å²) in [5, 5.41) is 14.2. The third-order valence-corrected chi connectivity index (χ3v) is 13.7. The van der Waals surface area contributed by atoms with Gasteiger partial charge >= 0.3 is 6.18 Å². The molecule has 1 atom stereocenters. The third-order valence-electron chi connectivity index (χ3n) is 13.7. The minimum Gasteiger partial charge on any atom is -0.490 e. The lowest BCUT2D eigenvalue weighted by atomic mass is 9.70. The summed E-state index contributed by atoms with van der Waals surface area (Å²) < 4.78 is 61.4. The first-order chi connectivity index (χ1) is 30.2. The molecule has 63 heavy (non-hydrogen) atoms. The highest BCUT2D eigenvalue weighted by molar-refractivity contribution is 6.23. The number of fused-ring (bicyclic) bond motifs is 1. The van der Waals surface area contributed by atoms with Crippen molar-refractivity contribution in [2.24, 2.45) is 5.41 Å². The Hall–Kier alpha value is -6.16. The Kier molecular flexibility index (Phi) is 11.1. The number of rotatable bonds is 8. The van der Waals surface area contributed by atoms with Gasteiger partial charge in [0.2, 0.25) is 11.8 Å². The van der Waals surface area contributed by atoms with E-state index < -0.39 is 52.8 Å². The zero-order valence-electron chi connectivity index (χ0n) is 34.3. The second-order valence-corrected chi connectivity index (χ2v) is 17.5. The predicted molar refractivity (Wildman–Crippen MR) is 216 cm³/mol. The first-order valence-corrected chi connectivity index (χ1v) is 21.4. The Morgan fingerprint density at radius 2 is 1.57 bits per heavy atom. The fourth-order valence-corrected chi connectivity index (χ4v) is 10.1. The number of nitrogens with one attached hydrogen (secondary N) is 2. The van der Waals surface area contributed by atoms with Gasteiger partial charge < -0.3 is 19.9 Å². The molecule has 5 amide bonds. The van der Waals surface area contributed by atoms with Crippen LogP contribution in [0, 0.1) is 22.6 Å². The van der Waals surface area contributed by atoms with Crippen LogP contribution in [-0.4, -0.2) is 113 Å². The van der Waals surface area contributed by atoms with Crippen molar-refractivity contribution in [1.29, 1.82) is 5.26 Å². The first kappa shape index (κ1) is 42.2. The number of hydrogen-bond donors (Lipinski definition) is 2. The number of carbonyl (C=O) groups is 5. The van der Waals surface area contributed by atoms with Gasteiger partial charge in [-0.15, -0.1) is 0 Å². The van der Waals surface area contributed by atoms with Gasteiger partial charge in [0.1, 0.15) is 29.1 Å². The Bertz CT molecular complexity index is 2380. The molecular weight excluding hydrogens is 827 g/mol. The molecule has 2 aromatic carbocycles. The summed E-state index contributed by atoms with van der Waals surface area (Å²) in [5.41, 5.74) is -0.917. The number of carbonyl (C=O) groups excluding carboxylic acids is 5. The second kappa shape index (κ2) is 16.5. The number of likely N-dealkylation sites (tertiary alicyclic amines) is 1. The number of ether oxygens (including phenoxy) is 1. The molecule has 0 bridgehead atoms. The number of hydrogen-bond acceptors (Lipinski definition) is 12. The van der Waals surface area contributed by atoms with Gasteiger partial charge in [-0.05, 0) is 93.5 Å². The van der Waals surface area contributed by atoms with Gasteiger partial charge in [0, 0.05) is 57.8 Å². The molecule has 3 aromatic rings. The van der Waals surface area contributed by atoms with Gasteiger partial charge in [-0.25, -0.2) is 14.4 Å². The number of piperidine rings is 3. The quantitative estimate of drug-likeness (QED) is 0.238. The van der Waals surface area contributed by atoms with E-state index in [9.17, 15) is 37.1 Å². The molecule has 9 rings (SSSR count). The van der Waals surface area contributed by atoms with E-state index in [1.807, 2.05) is 4.90 Å². The monoisotopic (exact) mass is 871 g/mol. The highest BCUT2D eigenvalue weighted by Gasteiger charge is 2.49. The molecule has 1 unspecified atom stereocenters. The molecule has 330 valence electrons. The molecule has 1 spiro atoms. The van der Waals surface area contributed by atoms with Crippen molar-refractivity contribution >= 4 is 41.0 Å². The van der Waals surface area contributed by atoms with Crippen LogP contribution in [0.2, 0.25) is 0 Å². The SMILES string of the molecule is N#Cc1ccc(OC2CCC(NC(=O)c3cnc(N4CCC(N5CC6(CCN(c7cc8c(cc7F)C(=O)N(C7CCC(=O)NC7=O)C8=O)CC6)C5)CC4)cn3)CC2)cc1C(F)(F)F. The summed E-state index contributed by atoms with van der Waals surface area (Å²) in [6, 6.07) is 6.58. The molecule has 6 heterocycles. The van der Waals surface area contributed by atoms with Crippen molar-refractivity contribution < 1.29 is 46.3 Å². The van der Waals surface area contributed by atoms with Crippen LogP contribution in [0.15, 0.2) is 42.7 Å². The number of nitriles is 1. The van der Waals surface area contributed by atoms with Crippen LogP contribution >= 0.6 is 0 Å². The molecule has 2 N–H and O–H groups in total. The molecule has 5 aliphatic heterocycles. The van der Waals surface area contributed by atoms with E-state index in [1.54, 1.807) is 12.3 Å². The number of halogens is 4. The van der Waals surface area contributed by atoms with E-state index in [0.717, 1.165) is 75.0 Å². The molecule has 0 radical (unpaired) electrons. The van der Waals surface area contributed by atoms with Crippen molar-refractivity contribution in [2.75, 3.05) is 49.1 Å². The van der Waals surface area contributed by atoms with Crippen LogP contribution in [0.4, 0.5) is 29.1 Å².